The van der Waals surface area contributed by atoms with Crippen LogP contribution in [0.2, 0.25) is 0 Å². The molecule has 3 amide bonds. The monoisotopic (exact) mass is 475 g/mol. The number of rotatable bonds is 17. The zero-order chi connectivity index (χ0) is 25.6. The summed E-state index contributed by atoms with van der Waals surface area (Å²) in [6.45, 7) is 3.17. The van der Waals surface area contributed by atoms with E-state index >= 15 is 0 Å². The fraction of sp³-hybridized carbons (Fsp3) is 0.750. The second kappa shape index (κ2) is 15.9. The van der Waals surface area contributed by atoms with E-state index in [0.29, 0.717) is 19.4 Å². The van der Waals surface area contributed by atoms with Crippen molar-refractivity contribution in [1.82, 2.24) is 16.0 Å². The Morgan fingerprint density at radius 2 is 1.36 bits per heavy atom. The van der Waals surface area contributed by atoms with Gasteiger partial charge in [0.1, 0.15) is 18.1 Å². The van der Waals surface area contributed by atoms with Crippen LogP contribution in [-0.2, 0) is 24.0 Å². The number of aliphatic hydroxyl groups excluding tert-OH is 1. The van der Waals surface area contributed by atoms with Crippen molar-refractivity contribution in [2.45, 2.75) is 76.5 Å². The Kier molecular flexibility index (Phi) is 14.6. The fourth-order valence-electron chi connectivity index (χ4n) is 2.88. The second-order valence-electron chi connectivity index (χ2n) is 8.16. The lowest BCUT2D eigenvalue weighted by Crippen LogP contribution is -2.57. The number of hydrogen-bond acceptors (Lipinski definition) is 8. The van der Waals surface area contributed by atoms with Crippen molar-refractivity contribution in [2.75, 3.05) is 13.2 Å². The average Bonchev–Trinajstić information content (AvgIpc) is 2.73. The van der Waals surface area contributed by atoms with Crippen LogP contribution >= 0.6 is 0 Å². The Balaban J connectivity index is 5.39. The Bertz CT molecular complexity index is 673. The van der Waals surface area contributed by atoms with Crippen LogP contribution in [0, 0.1) is 5.92 Å². The number of hydrogen-bond donors (Lipinski definition) is 8. The van der Waals surface area contributed by atoms with Gasteiger partial charge in [0.15, 0.2) is 0 Å². The standard InChI is InChI=1S/C20H37N5O8/c1-11(2)9-14(24-17(29)12(22)6-7-16(27)28)19(31)23-13(5-3-4-8-21)18(30)25-15(10-26)20(32)33/h11-15,26H,3-10,21-22H2,1-2H3,(H,23,31)(H,24,29)(H,25,30)(H,27,28)(H,32,33). The molecule has 13 nitrogen and oxygen atoms in total. The summed E-state index contributed by atoms with van der Waals surface area (Å²) in [5.74, 6) is -4.73. The highest BCUT2D eigenvalue weighted by molar-refractivity contribution is 5.94. The van der Waals surface area contributed by atoms with Gasteiger partial charge in [-0.1, -0.05) is 13.8 Å². The Labute approximate surface area is 192 Å². The molecule has 0 aliphatic carbocycles. The van der Waals surface area contributed by atoms with Crippen LogP contribution in [0.4, 0.5) is 0 Å². The van der Waals surface area contributed by atoms with E-state index in [-0.39, 0.29) is 31.6 Å². The summed E-state index contributed by atoms with van der Waals surface area (Å²) in [6.07, 6.45) is 0.981. The third-order valence-corrected chi connectivity index (χ3v) is 4.72. The van der Waals surface area contributed by atoms with E-state index in [0.717, 1.165) is 0 Å². The number of amides is 3. The number of aliphatic hydroxyl groups is 1. The number of nitrogens with one attached hydrogen (secondary N) is 3. The van der Waals surface area contributed by atoms with Gasteiger partial charge in [0.2, 0.25) is 17.7 Å². The number of nitrogens with two attached hydrogens (primary N) is 2. The van der Waals surface area contributed by atoms with Gasteiger partial charge in [-0.2, -0.15) is 0 Å². The molecule has 0 aromatic rings. The van der Waals surface area contributed by atoms with E-state index in [1.54, 1.807) is 0 Å². The first-order valence-electron chi connectivity index (χ1n) is 10.8. The molecule has 0 aliphatic rings. The van der Waals surface area contributed by atoms with E-state index in [9.17, 15) is 24.0 Å². The lowest BCUT2D eigenvalue weighted by molar-refractivity contribution is -0.143. The number of unbranched alkanes of at least 4 members (excludes halogenated alkanes) is 1. The minimum atomic E-state index is -1.54. The summed E-state index contributed by atoms with van der Waals surface area (Å²) in [4.78, 5) is 59.6. The van der Waals surface area contributed by atoms with Crippen LogP contribution in [0.1, 0.15) is 52.4 Å². The molecule has 0 heterocycles. The third-order valence-electron chi connectivity index (χ3n) is 4.72. The molecule has 0 fully saturated rings. The number of carbonyl (C=O) groups excluding carboxylic acids is 3. The molecule has 0 bridgehead atoms. The first-order chi connectivity index (χ1) is 15.4. The molecule has 0 radical (unpaired) electrons. The Hall–Kier alpha value is -2.77. The van der Waals surface area contributed by atoms with E-state index in [1.165, 1.54) is 0 Å². The fourth-order valence-corrected chi connectivity index (χ4v) is 2.88. The molecule has 190 valence electrons. The highest BCUT2D eigenvalue weighted by Gasteiger charge is 2.30. The van der Waals surface area contributed by atoms with Gasteiger partial charge >= 0.3 is 11.9 Å². The number of carboxylic acids is 2. The van der Waals surface area contributed by atoms with Crippen molar-refractivity contribution in [2.24, 2.45) is 17.4 Å². The topological polar surface area (TPSA) is 234 Å². The molecule has 0 saturated carbocycles. The van der Waals surface area contributed by atoms with Crippen molar-refractivity contribution in [1.29, 1.82) is 0 Å². The summed E-state index contributed by atoms with van der Waals surface area (Å²) in [5.41, 5.74) is 11.2. The van der Waals surface area contributed by atoms with Gasteiger partial charge in [-0.3, -0.25) is 19.2 Å². The first-order valence-corrected chi connectivity index (χ1v) is 10.8. The molecule has 0 spiro atoms. The van der Waals surface area contributed by atoms with Crippen molar-refractivity contribution >= 4 is 29.7 Å². The summed E-state index contributed by atoms with van der Waals surface area (Å²) in [6, 6.07) is -4.84. The van der Waals surface area contributed by atoms with Gasteiger partial charge in [0.05, 0.1) is 12.6 Å². The van der Waals surface area contributed by atoms with Crippen molar-refractivity contribution in [3.63, 3.8) is 0 Å². The predicted molar refractivity (Wildman–Crippen MR) is 118 cm³/mol. The summed E-state index contributed by atoms with van der Waals surface area (Å²) in [7, 11) is 0. The van der Waals surface area contributed by atoms with Crippen LogP contribution in [0.3, 0.4) is 0 Å². The molecule has 0 saturated heterocycles. The minimum absolute atomic E-state index is 0.0217. The summed E-state index contributed by atoms with van der Waals surface area (Å²) >= 11 is 0. The average molecular weight is 476 g/mol. The molecule has 0 aliphatic heterocycles. The van der Waals surface area contributed by atoms with Gasteiger partial charge in [-0.05, 0) is 44.6 Å². The molecule has 0 aromatic carbocycles. The lowest BCUT2D eigenvalue weighted by Gasteiger charge is -2.26. The molecule has 10 N–H and O–H groups in total. The molecule has 33 heavy (non-hydrogen) atoms. The van der Waals surface area contributed by atoms with Crippen LogP contribution in [0.5, 0.6) is 0 Å². The first kappa shape index (κ1) is 30.2. The van der Waals surface area contributed by atoms with Crippen molar-refractivity contribution in [3.8, 4) is 0 Å². The maximum atomic E-state index is 12.9. The molecule has 0 aromatic heterocycles. The Morgan fingerprint density at radius 1 is 0.818 bits per heavy atom. The van der Waals surface area contributed by atoms with Gasteiger partial charge < -0.3 is 42.7 Å². The van der Waals surface area contributed by atoms with E-state index in [4.69, 9.17) is 26.8 Å². The SMILES string of the molecule is CC(C)CC(NC(=O)C(N)CCC(=O)O)C(=O)NC(CCCCN)C(=O)NC(CO)C(=O)O. The largest absolute Gasteiger partial charge is 0.481 e. The number of carboxylic acid groups (broad SMARTS) is 2. The van der Waals surface area contributed by atoms with E-state index in [2.05, 4.69) is 16.0 Å². The van der Waals surface area contributed by atoms with E-state index in [1.807, 2.05) is 13.8 Å². The van der Waals surface area contributed by atoms with E-state index < -0.39 is 60.4 Å². The highest BCUT2D eigenvalue weighted by Crippen LogP contribution is 2.08. The molecule has 4 atom stereocenters. The molecule has 13 heteroatoms. The number of carbonyl (C=O) groups is 5. The molecule has 0 rings (SSSR count). The molecule has 4 unspecified atom stereocenters. The van der Waals surface area contributed by atoms with Gasteiger partial charge in [-0.25, -0.2) is 4.79 Å². The van der Waals surface area contributed by atoms with Gasteiger partial charge in [0, 0.05) is 6.42 Å². The number of aliphatic carboxylic acids is 2. The zero-order valence-electron chi connectivity index (χ0n) is 19.1. The maximum Gasteiger partial charge on any atom is 0.328 e. The van der Waals surface area contributed by atoms with Gasteiger partial charge in [0.25, 0.3) is 0 Å². The van der Waals surface area contributed by atoms with Crippen LogP contribution < -0.4 is 27.4 Å². The maximum absolute atomic E-state index is 12.9. The second-order valence-corrected chi connectivity index (χ2v) is 8.16. The highest BCUT2D eigenvalue weighted by atomic mass is 16.4. The lowest BCUT2D eigenvalue weighted by atomic mass is 10.0. The third kappa shape index (κ3) is 12.7. The zero-order valence-corrected chi connectivity index (χ0v) is 19.1. The van der Waals surface area contributed by atoms with Gasteiger partial charge in [-0.15, -0.1) is 0 Å². The van der Waals surface area contributed by atoms with Crippen LogP contribution in [-0.4, -0.2) is 82.3 Å². The van der Waals surface area contributed by atoms with Crippen molar-refractivity contribution in [3.05, 3.63) is 0 Å². The smallest absolute Gasteiger partial charge is 0.328 e. The summed E-state index contributed by atoms with van der Waals surface area (Å²) < 4.78 is 0. The normalized spacial score (nSPS) is 14.6. The quantitative estimate of drug-likeness (QED) is 0.106. The molecular weight excluding hydrogens is 438 g/mol. The van der Waals surface area contributed by atoms with Crippen LogP contribution in [0.15, 0.2) is 0 Å². The summed E-state index contributed by atoms with van der Waals surface area (Å²) in [5, 5.41) is 34.1. The predicted octanol–water partition coefficient (Wildman–Crippen LogP) is -2.12. The Morgan fingerprint density at radius 3 is 1.85 bits per heavy atom. The van der Waals surface area contributed by atoms with Crippen molar-refractivity contribution < 1.29 is 39.3 Å². The molecular formula is C20H37N5O8. The minimum Gasteiger partial charge on any atom is -0.481 e. The van der Waals surface area contributed by atoms with Crippen LogP contribution in [0.25, 0.3) is 0 Å².